The van der Waals surface area contributed by atoms with Crippen LogP contribution >= 0.6 is 0 Å². The van der Waals surface area contributed by atoms with Crippen LogP contribution in [0.3, 0.4) is 0 Å². The molecule has 44 heavy (non-hydrogen) atoms. The van der Waals surface area contributed by atoms with Crippen molar-refractivity contribution < 1.29 is 29.4 Å². The van der Waals surface area contributed by atoms with Gasteiger partial charge in [0.2, 0.25) is 11.8 Å². The van der Waals surface area contributed by atoms with Crippen molar-refractivity contribution in [3.8, 4) is 0 Å². The van der Waals surface area contributed by atoms with E-state index in [1.54, 1.807) is 0 Å². The highest BCUT2D eigenvalue weighted by molar-refractivity contribution is 6.41. The summed E-state index contributed by atoms with van der Waals surface area (Å²) in [7, 11) is 0. The standard InChI is InChI=1S/C36H34N2O6/c37-33(39)29-26-21-16-8-14-17-13-7-15-20(22(17)21)25-23(18-9-3-1-4-10-18)24(19-11-5-2-6-12-19)31(35(41)42)28(27(25)26)32(36(43)44)30(29)34(38)40/h7-8,13-16,18-19H,1-6,9-12H2,(H2,37,39)(H2,38,40)(H,41,42)(H,43,44). The van der Waals surface area contributed by atoms with Gasteiger partial charge in [-0.25, -0.2) is 9.59 Å². The van der Waals surface area contributed by atoms with Crippen LogP contribution in [0.15, 0.2) is 36.4 Å². The van der Waals surface area contributed by atoms with Gasteiger partial charge in [-0.3, -0.25) is 9.59 Å². The Morgan fingerprint density at radius 2 is 1.02 bits per heavy atom. The number of nitrogens with two attached hydrogens (primary N) is 2. The Morgan fingerprint density at radius 1 is 0.523 bits per heavy atom. The molecule has 2 aliphatic rings. The fourth-order valence-corrected chi connectivity index (χ4v) is 8.65. The molecule has 2 saturated carbocycles. The summed E-state index contributed by atoms with van der Waals surface area (Å²) in [5.41, 5.74) is 12.0. The number of amides is 2. The van der Waals surface area contributed by atoms with Gasteiger partial charge < -0.3 is 21.7 Å². The molecule has 0 heterocycles. The maximum absolute atomic E-state index is 13.6. The quantitative estimate of drug-likeness (QED) is 0.119. The number of hydrogen-bond donors (Lipinski definition) is 4. The monoisotopic (exact) mass is 590 g/mol. The number of rotatable bonds is 6. The molecule has 2 amide bonds. The Balaban J connectivity index is 1.91. The van der Waals surface area contributed by atoms with Gasteiger partial charge in [-0.05, 0) is 75.6 Å². The van der Waals surface area contributed by atoms with Gasteiger partial charge in [-0.2, -0.15) is 0 Å². The summed E-state index contributed by atoms with van der Waals surface area (Å²) in [6.07, 6.45) is 9.44. The molecule has 224 valence electrons. The molecule has 5 aromatic rings. The molecule has 8 nitrogen and oxygen atoms in total. The van der Waals surface area contributed by atoms with Crippen LogP contribution in [0, 0.1) is 0 Å². The zero-order valence-electron chi connectivity index (χ0n) is 24.4. The van der Waals surface area contributed by atoms with Crippen molar-refractivity contribution in [2.24, 2.45) is 11.5 Å². The normalized spacial score (nSPS) is 16.7. The van der Waals surface area contributed by atoms with Gasteiger partial charge in [0.25, 0.3) is 0 Å². The Hall–Kier alpha value is -4.72. The first-order chi connectivity index (χ1) is 21.2. The molecule has 2 aliphatic carbocycles. The lowest BCUT2D eigenvalue weighted by Crippen LogP contribution is -2.26. The predicted molar refractivity (Wildman–Crippen MR) is 170 cm³/mol. The largest absolute Gasteiger partial charge is 0.478 e. The van der Waals surface area contributed by atoms with Crippen molar-refractivity contribution in [3.05, 3.63) is 69.8 Å². The van der Waals surface area contributed by atoms with Crippen LogP contribution in [0.5, 0.6) is 0 Å². The summed E-state index contributed by atoms with van der Waals surface area (Å²) in [6, 6.07) is 11.6. The van der Waals surface area contributed by atoms with E-state index in [1.165, 1.54) is 0 Å². The van der Waals surface area contributed by atoms with Crippen LogP contribution < -0.4 is 11.5 Å². The van der Waals surface area contributed by atoms with E-state index in [2.05, 4.69) is 0 Å². The van der Waals surface area contributed by atoms with Crippen LogP contribution in [0.2, 0.25) is 0 Å². The lowest BCUT2D eigenvalue weighted by molar-refractivity contribution is 0.0692. The average Bonchev–Trinajstić information content (AvgIpc) is 3.02. The van der Waals surface area contributed by atoms with Crippen molar-refractivity contribution in [2.45, 2.75) is 76.0 Å². The molecule has 0 atom stereocenters. The molecule has 0 bridgehead atoms. The highest BCUT2D eigenvalue weighted by Crippen LogP contribution is 2.53. The molecule has 7 rings (SSSR count). The van der Waals surface area contributed by atoms with E-state index in [0.29, 0.717) is 21.7 Å². The molecule has 0 saturated heterocycles. The molecule has 0 unspecified atom stereocenters. The third-order valence-electron chi connectivity index (χ3n) is 10.2. The molecule has 2 fully saturated rings. The molecular formula is C36H34N2O6. The number of aromatic carboxylic acids is 2. The highest BCUT2D eigenvalue weighted by Gasteiger charge is 2.38. The first kappa shape index (κ1) is 28.1. The van der Waals surface area contributed by atoms with E-state index in [1.807, 2.05) is 36.4 Å². The minimum atomic E-state index is -1.53. The number of primary amides is 2. The second kappa shape index (κ2) is 10.5. The number of carbonyl (C=O) groups excluding carboxylic acids is 2. The lowest BCUT2D eigenvalue weighted by Gasteiger charge is -2.34. The molecule has 0 spiro atoms. The Labute approximate surface area is 253 Å². The van der Waals surface area contributed by atoms with Gasteiger partial charge in [-0.15, -0.1) is 0 Å². The molecule has 0 aromatic heterocycles. The summed E-state index contributed by atoms with van der Waals surface area (Å²) in [5.74, 6) is -4.93. The lowest BCUT2D eigenvalue weighted by atomic mass is 9.69. The van der Waals surface area contributed by atoms with Gasteiger partial charge in [0, 0.05) is 16.2 Å². The summed E-state index contributed by atoms with van der Waals surface area (Å²) >= 11 is 0. The van der Waals surface area contributed by atoms with Crippen LogP contribution in [0.4, 0.5) is 0 Å². The van der Waals surface area contributed by atoms with Crippen LogP contribution in [0.1, 0.15) is 129 Å². The third kappa shape index (κ3) is 3.96. The minimum absolute atomic E-state index is 0.0413. The predicted octanol–water partition coefficient (Wildman–Crippen LogP) is 7.43. The minimum Gasteiger partial charge on any atom is -0.478 e. The number of benzene rings is 5. The van der Waals surface area contributed by atoms with Gasteiger partial charge in [-0.1, -0.05) is 74.9 Å². The summed E-state index contributed by atoms with van der Waals surface area (Å²) in [4.78, 5) is 53.2. The molecular weight excluding hydrogens is 556 g/mol. The van der Waals surface area contributed by atoms with Crippen LogP contribution in [-0.4, -0.2) is 34.0 Å². The Morgan fingerprint density at radius 3 is 1.52 bits per heavy atom. The topological polar surface area (TPSA) is 161 Å². The first-order valence-corrected chi connectivity index (χ1v) is 15.5. The van der Waals surface area contributed by atoms with Crippen molar-refractivity contribution in [1.29, 1.82) is 0 Å². The van der Waals surface area contributed by atoms with Crippen molar-refractivity contribution in [3.63, 3.8) is 0 Å². The molecule has 0 aliphatic heterocycles. The van der Waals surface area contributed by atoms with Gasteiger partial charge in [0.1, 0.15) is 0 Å². The molecule has 0 radical (unpaired) electrons. The molecule has 8 heteroatoms. The summed E-state index contributed by atoms with van der Waals surface area (Å²) in [5, 5.41) is 26.4. The number of fused-ring (bicyclic) bond motifs is 2. The number of carbonyl (C=O) groups is 4. The van der Waals surface area contributed by atoms with Gasteiger partial charge in [0.15, 0.2) is 0 Å². The van der Waals surface area contributed by atoms with E-state index in [-0.39, 0.29) is 28.3 Å². The fraction of sp³-hybridized carbons (Fsp3) is 0.333. The smallest absolute Gasteiger partial charge is 0.337 e. The number of carboxylic acid groups (broad SMARTS) is 2. The van der Waals surface area contributed by atoms with E-state index < -0.39 is 34.9 Å². The molecule has 5 aromatic carbocycles. The number of hydrogen-bond acceptors (Lipinski definition) is 4. The van der Waals surface area contributed by atoms with E-state index in [4.69, 9.17) is 11.5 Å². The van der Waals surface area contributed by atoms with Gasteiger partial charge in [0.05, 0.1) is 22.3 Å². The number of carboxylic acids is 2. The van der Waals surface area contributed by atoms with E-state index in [9.17, 15) is 29.4 Å². The maximum Gasteiger partial charge on any atom is 0.337 e. The van der Waals surface area contributed by atoms with Crippen LogP contribution in [0.25, 0.3) is 43.1 Å². The average molecular weight is 591 g/mol. The highest BCUT2D eigenvalue weighted by atomic mass is 16.4. The SMILES string of the molecule is NC(=O)c1c(C(=O)O)c2c(C(=O)O)c(C3CCCCC3)c(C3CCCCC3)c3c4cccc5cccc(c(c1C(N)=O)c23)c54. The first-order valence-electron chi connectivity index (χ1n) is 15.5. The van der Waals surface area contributed by atoms with E-state index >= 15 is 0 Å². The van der Waals surface area contributed by atoms with Crippen molar-refractivity contribution >= 4 is 66.8 Å². The second-order valence-electron chi connectivity index (χ2n) is 12.5. The molecule has 6 N–H and O–H groups in total. The Bertz CT molecular complexity index is 2040. The summed E-state index contributed by atoms with van der Waals surface area (Å²) < 4.78 is 0. The zero-order chi connectivity index (χ0) is 30.9. The second-order valence-corrected chi connectivity index (χ2v) is 12.5. The van der Waals surface area contributed by atoms with Crippen molar-refractivity contribution in [1.82, 2.24) is 0 Å². The van der Waals surface area contributed by atoms with E-state index in [0.717, 1.165) is 91.3 Å². The third-order valence-corrected chi connectivity index (χ3v) is 10.2. The fourth-order valence-electron chi connectivity index (χ4n) is 8.65. The van der Waals surface area contributed by atoms with Crippen LogP contribution in [-0.2, 0) is 0 Å². The maximum atomic E-state index is 13.6. The zero-order valence-corrected chi connectivity index (χ0v) is 24.4. The van der Waals surface area contributed by atoms with Gasteiger partial charge >= 0.3 is 11.9 Å². The van der Waals surface area contributed by atoms with Crippen molar-refractivity contribution in [2.75, 3.05) is 0 Å². The summed E-state index contributed by atoms with van der Waals surface area (Å²) in [6.45, 7) is 0. The Kier molecular flexibility index (Phi) is 6.68.